The monoisotopic (exact) mass is 249 g/mol. The summed E-state index contributed by atoms with van der Waals surface area (Å²) in [7, 11) is 4.28. The van der Waals surface area contributed by atoms with Gasteiger partial charge in [-0.25, -0.2) is 0 Å². The van der Waals surface area contributed by atoms with E-state index in [4.69, 9.17) is 5.73 Å². The smallest absolute Gasteiger partial charge is 0.0313 e. The molecule has 2 N–H and O–H groups in total. The highest BCUT2D eigenvalue weighted by Crippen LogP contribution is 2.30. The Morgan fingerprint density at radius 3 is 2.89 bits per heavy atom. The topological polar surface area (TPSA) is 34.2 Å². The van der Waals surface area contributed by atoms with Crippen LogP contribution in [0.25, 0.3) is 0 Å². The van der Waals surface area contributed by atoms with E-state index in [-0.39, 0.29) is 6.04 Å². The molecule has 2 rings (SSSR count). The van der Waals surface area contributed by atoms with Gasteiger partial charge >= 0.3 is 0 Å². The number of hydrogen-bond acceptors (Lipinski definition) is 2. The summed E-state index contributed by atoms with van der Waals surface area (Å²) in [4.78, 5) is 2.26. The Balaban J connectivity index is 2.00. The van der Waals surface area contributed by atoms with Gasteiger partial charge < -0.3 is 15.2 Å². The molecule has 102 valence electrons. The Hall–Kier alpha value is -0.800. The van der Waals surface area contributed by atoms with Crippen LogP contribution in [-0.2, 0) is 13.0 Å². The molecule has 0 saturated heterocycles. The summed E-state index contributed by atoms with van der Waals surface area (Å²) in [5.41, 5.74) is 10.5. The van der Waals surface area contributed by atoms with Gasteiger partial charge in [0.25, 0.3) is 0 Å². The number of hydrogen-bond donors (Lipinski definition) is 1. The van der Waals surface area contributed by atoms with Crippen LogP contribution < -0.4 is 5.73 Å². The maximum atomic E-state index is 6.20. The molecule has 0 amide bonds. The van der Waals surface area contributed by atoms with Gasteiger partial charge in [-0.05, 0) is 71.3 Å². The van der Waals surface area contributed by atoms with E-state index >= 15 is 0 Å². The van der Waals surface area contributed by atoms with Crippen LogP contribution in [0.15, 0.2) is 6.07 Å². The minimum absolute atomic E-state index is 0.274. The lowest BCUT2D eigenvalue weighted by atomic mass is 9.93. The highest BCUT2D eigenvalue weighted by Gasteiger charge is 2.21. The molecule has 1 unspecified atom stereocenters. The van der Waals surface area contributed by atoms with E-state index in [1.165, 1.54) is 49.2 Å². The first-order valence-electron chi connectivity index (χ1n) is 7.19. The summed E-state index contributed by atoms with van der Waals surface area (Å²) < 4.78 is 2.50. The van der Waals surface area contributed by atoms with Crippen LogP contribution in [0.3, 0.4) is 0 Å². The molecule has 1 aromatic rings. The molecular formula is C15H27N3. The van der Waals surface area contributed by atoms with Crippen molar-refractivity contribution in [2.45, 2.75) is 51.6 Å². The molecule has 3 nitrogen and oxygen atoms in total. The van der Waals surface area contributed by atoms with E-state index in [0.29, 0.717) is 0 Å². The maximum Gasteiger partial charge on any atom is 0.0313 e. The van der Waals surface area contributed by atoms with Crippen LogP contribution in [0.4, 0.5) is 0 Å². The summed E-state index contributed by atoms with van der Waals surface area (Å²) in [6.07, 6.45) is 6.14. The van der Waals surface area contributed by atoms with Crippen molar-refractivity contribution in [1.29, 1.82) is 0 Å². The van der Waals surface area contributed by atoms with Gasteiger partial charge in [0.2, 0.25) is 0 Å². The highest BCUT2D eigenvalue weighted by molar-refractivity contribution is 5.32. The fraction of sp³-hybridized carbons (Fsp3) is 0.733. The molecule has 1 heterocycles. The van der Waals surface area contributed by atoms with E-state index in [0.717, 1.165) is 13.0 Å². The molecule has 18 heavy (non-hydrogen) atoms. The van der Waals surface area contributed by atoms with Crippen molar-refractivity contribution in [1.82, 2.24) is 9.47 Å². The van der Waals surface area contributed by atoms with Gasteiger partial charge in [0.05, 0.1) is 0 Å². The molecule has 0 aromatic carbocycles. The van der Waals surface area contributed by atoms with E-state index in [1.54, 1.807) is 0 Å². The molecule has 1 aliphatic rings. The fourth-order valence-electron chi connectivity index (χ4n) is 3.01. The average Bonchev–Trinajstić information content (AvgIpc) is 2.63. The molecule has 1 aliphatic carbocycles. The SMILES string of the molecule is Cc1cc2c(n1CCCCN(C)C)CCCC2N. The van der Waals surface area contributed by atoms with Crippen LogP contribution in [0.5, 0.6) is 0 Å². The number of nitrogens with zero attached hydrogens (tertiary/aromatic N) is 2. The molecule has 1 atom stereocenters. The summed E-state index contributed by atoms with van der Waals surface area (Å²) >= 11 is 0. The van der Waals surface area contributed by atoms with Gasteiger partial charge in [-0.3, -0.25) is 0 Å². The third-order valence-electron chi connectivity index (χ3n) is 4.01. The third kappa shape index (κ3) is 2.96. The highest BCUT2D eigenvalue weighted by atomic mass is 15.0. The standard InChI is InChI=1S/C15H27N3/c1-12-11-13-14(16)7-6-8-15(13)18(12)10-5-4-9-17(2)3/h11,14H,4-10,16H2,1-3H3. The normalized spacial score (nSPS) is 19.3. The number of nitrogens with two attached hydrogens (primary N) is 1. The minimum atomic E-state index is 0.274. The van der Waals surface area contributed by atoms with Gasteiger partial charge in [0.1, 0.15) is 0 Å². The molecule has 0 bridgehead atoms. The van der Waals surface area contributed by atoms with Crippen molar-refractivity contribution in [3.8, 4) is 0 Å². The van der Waals surface area contributed by atoms with Crippen molar-refractivity contribution in [3.05, 3.63) is 23.0 Å². The molecule has 0 radical (unpaired) electrons. The second-order valence-electron chi connectivity index (χ2n) is 5.85. The summed E-state index contributed by atoms with van der Waals surface area (Å²) in [6.45, 7) is 4.56. The second kappa shape index (κ2) is 5.89. The van der Waals surface area contributed by atoms with Gasteiger partial charge in [-0.2, -0.15) is 0 Å². The average molecular weight is 249 g/mol. The first-order valence-corrected chi connectivity index (χ1v) is 7.19. The van der Waals surface area contributed by atoms with Gasteiger partial charge in [-0.1, -0.05) is 0 Å². The van der Waals surface area contributed by atoms with Gasteiger partial charge in [0.15, 0.2) is 0 Å². The lowest BCUT2D eigenvalue weighted by Crippen LogP contribution is -2.19. The Morgan fingerprint density at radius 1 is 1.39 bits per heavy atom. The van der Waals surface area contributed by atoms with Crippen molar-refractivity contribution in [2.24, 2.45) is 5.73 Å². The predicted molar refractivity (Wildman–Crippen MR) is 76.8 cm³/mol. The number of fused-ring (bicyclic) bond motifs is 1. The zero-order valence-electron chi connectivity index (χ0n) is 12.1. The third-order valence-corrected chi connectivity index (χ3v) is 4.01. The minimum Gasteiger partial charge on any atom is -0.349 e. The van der Waals surface area contributed by atoms with E-state index in [9.17, 15) is 0 Å². The number of aromatic nitrogens is 1. The van der Waals surface area contributed by atoms with E-state index in [1.807, 2.05) is 0 Å². The number of unbranched alkanes of at least 4 members (excludes halogenated alkanes) is 1. The van der Waals surface area contributed by atoms with E-state index in [2.05, 4.69) is 36.6 Å². The Kier molecular flexibility index (Phi) is 4.46. The van der Waals surface area contributed by atoms with Crippen LogP contribution >= 0.6 is 0 Å². The van der Waals surface area contributed by atoms with Crippen LogP contribution in [-0.4, -0.2) is 30.1 Å². The van der Waals surface area contributed by atoms with Crippen molar-refractivity contribution < 1.29 is 0 Å². The van der Waals surface area contributed by atoms with Crippen LogP contribution in [0.2, 0.25) is 0 Å². The Morgan fingerprint density at radius 2 is 2.17 bits per heavy atom. The zero-order chi connectivity index (χ0) is 13.1. The molecule has 0 spiro atoms. The summed E-state index contributed by atoms with van der Waals surface area (Å²) in [6, 6.07) is 2.58. The maximum absolute atomic E-state index is 6.20. The van der Waals surface area contributed by atoms with Crippen LogP contribution in [0.1, 0.15) is 48.7 Å². The first kappa shape index (κ1) is 13.6. The zero-order valence-corrected chi connectivity index (χ0v) is 12.1. The molecule has 1 aromatic heterocycles. The second-order valence-corrected chi connectivity index (χ2v) is 5.85. The lowest BCUT2D eigenvalue weighted by molar-refractivity contribution is 0.385. The first-order chi connectivity index (χ1) is 8.59. The van der Waals surface area contributed by atoms with Gasteiger partial charge in [0, 0.05) is 24.0 Å². The van der Waals surface area contributed by atoms with Gasteiger partial charge in [-0.15, -0.1) is 0 Å². The summed E-state index contributed by atoms with van der Waals surface area (Å²) in [5.74, 6) is 0. The fourth-order valence-corrected chi connectivity index (χ4v) is 3.01. The van der Waals surface area contributed by atoms with Crippen LogP contribution in [0, 0.1) is 6.92 Å². The van der Waals surface area contributed by atoms with E-state index < -0.39 is 0 Å². The molecular weight excluding hydrogens is 222 g/mol. The molecule has 3 heteroatoms. The van der Waals surface area contributed by atoms with Crippen molar-refractivity contribution in [3.63, 3.8) is 0 Å². The molecule has 0 fully saturated rings. The quantitative estimate of drug-likeness (QED) is 0.814. The van der Waals surface area contributed by atoms with Crippen molar-refractivity contribution >= 4 is 0 Å². The van der Waals surface area contributed by atoms with Crippen molar-refractivity contribution in [2.75, 3.05) is 20.6 Å². The molecule has 0 aliphatic heterocycles. The largest absolute Gasteiger partial charge is 0.349 e. The Bertz CT molecular complexity index is 393. The predicted octanol–water partition coefficient (Wildman–Crippen LogP) is 2.47. The number of rotatable bonds is 5. The Labute approximate surface area is 111 Å². The molecule has 0 saturated carbocycles. The number of aryl methyl sites for hydroxylation is 1. The lowest BCUT2D eigenvalue weighted by Gasteiger charge is -2.21. The summed E-state index contributed by atoms with van der Waals surface area (Å²) in [5, 5.41) is 0.